The summed E-state index contributed by atoms with van der Waals surface area (Å²) in [5, 5.41) is 25.1. The molecule has 78 heavy (non-hydrogen) atoms. The smallest absolute Gasteiger partial charge is 0.379 e. The Morgan fingerprint density at radius 2 is 0.974 bits per heavy atom. The first kappa shape index (κ1) is 55.3. The maximum atomic E-state index is 12.7. The zero-order valence-corrected chi connectivity index (χ0v) is 46.4. The summed E-state index contributed by atoms with van der Waals surface area (Å²) in [6.07, 6.45) is 13.2. The quantitative estimate of drug-likeness (QED) is 0.138. The van der Waals surface area contributed by atoms with Gasteiger partial charge >= 0.3 is 23.6 Å². The highest BCUT2D eigenvalue weighted by Gasteiger charge is 2.43. The first-order valence-corrected chi connectivity index (χ1v) is 26.3. The number of aryl methyl sites for hydroxylation is 2. The second-order valence-corrected chi connectivity index (χ2v) is 22.0. The summed E-state index contributed by atoms with van der Waals surface area (Å²) in [5.74, 6) is 0. The van der Waals surface area contributed by atoms with Gasteiger partial charge in [-0.05, 0) is 107 Å². The first-order valence-electron chi connectivity index (χ1n) is 25.6. The number of carbonyl (C=O) groups excluding carboxylic acids is 2. The summed E-state index contributed by atoms with van der Waals surface area (Å²) in [5.41, 5.74) is 4.66. The first-order chi connectivity index (χ1) is 37.0. The number of benzene rings is 2. The van der Waals surface area contributed by atoms with E-state index >= 15 is 0 Å². The van der Waals surface area contributed by atoms with Gasteiger partial charge in [0.25, 0.3) is 0 Å². The van der Waals surface area contributed by atoms with E-state index in [-0.39, 0.29) is 12.1 Å². The highest BCUT2D eigenvalue weighted by molar-refractivity contribution is 6.31. The van der Waals surface area contributed by atoms with Crippen LogP contribution in [0.2, 0.25) is 10.0 Å². The van der Waals surface area contributed by atoms with Crippen LogP contribution in [0.3, 0.4) is 0 Å². The van der Waals surface area contributed by atoms with E-state index in [1.165, 1.54) is 0 Å². The number of hydrogen-bond donors (Lipinski definition) is 2. The van der Waals surface area contributed by atoms with Gasteiger partial charge in [0, 0.05) is 88.9 Å². The SMILES string of the molecule is [C-]#[N+]C(C)(C)OC(=O)N1CCN([C@H]2c3ccc(Cl)cc3C([C@@](C)(O)c3cncn3C)=Cc3cccnc32)CC1.[C-]#[N+]C(C)(C)OC(=O)N1CCN([C@H]2c3ccc(Cl)cc3C([C@](C)(O)c3cncn3C)=Cc3cccnc32)CC1. The number of amides is 2. The van der Waals surface area contributed by atoms with Gasteiger partial charge in [0.15, 0.2) is 0 Å². The monoisotopic (exact) mass is 1090 g/mol. The molecule has 10 rings (SSSR count). The lowest BCUT2D eigenvalue weighted by atomic mass is 9.84. The van der Waals surface area contributed by atoms with Crippen molar-refractivity contribution in [3.63, 3.8) is 0 Å². The van der Waals surface area contributed by atoms with Crippen LogP contribution < -0.4 is 0 Å². The largest absolute Gasteiger partial charge is 0.415 e. The third-order valence-electron chi connectivity index (χ3n) is 14.8. The van der Waals surface area contributed by atoms with Crippen molar-refractivity contribution in [2.24, 2.45) is 14.1 Å². The number of carbonyl (C=O) groups is 2. The molecule has 0 spiro atoms. The van der Waals surface area contributed by atoms with Crippen LogP contribution in [0.15, 0.2) is 98.1 Å². The molecule has 0 saturated carbocycles. The van der Waals surface area contributed by atoms with E-state index in [9.17, 15) is 19.8 Å². The lowest BCUT2D eigenvalue weighted by Crippen LogP contribution is -2.51. The summed E-state index contributed by atoms with van der Waals surface area (Å²) < 4.78 is 14.4. The van der Waals surface area contributed by atoms with Gasteiger partial charge in [0.1, 0.15) is 11.2 Å². The molecule has 2 aliphatic carbocycles. The fourth-order valence-electron chi connectivity index (χ4n) is 10.7. The van der Waals surface area contributed by atoms with Crippen LogP contribution in [0.5, 0.6) is 0 Å². The number of pyridine rings is 2. The second kappa shape index (κ2) is 21.8. The number of aliphatic hydroxyl groups is 2. The number of nitrogens with zero attached hydrogens (tertiary/aromatic N) is 12. The van der Waals surface area contributed by atoms with Gasteiger partial charge in [-0.25, -0.2) is 32.7 Å². The Balaban J connectivity index is 0.000000190. The molecule has 20 heteroatoms. The maximum Gasteiger partial charge on any atom is 0.415 e. The summed E-state index contributed by atoms with van der Waals surface area (Å²) in [6.45, 7) is 28.4. The van der Waals surface area contributed by atoms with E-state index in [0.29, 0.717) is 84.9 Å². The van der Waals surface area contributed by atoms with E-state index < -0.39 is 34.8 Å². The van der Waals surface area contributed by atoms with Crippen LogP contribution >= 0.6 is 23.2 Å². The summed E-state index contributed by atoms with van der Waals surface area (Å²) in [6, 6.07) is 18.8. The molecule has 2 fully saturated rings. The Labute approximate surface area is 464 Å². The topological polar surface area (TPSA) is 176 Å². The molecule has 2 N–H and O–H groups in total. The average molecular weight is 1090 g/mol. The molecule has 2 saturated heterocycles. The van der Waals surface area contributed by atoms with Crippen LogP contribution in [0, 0.1) is 13.1 Å². The van der Waals surface area contributed by atoms with E-state index in [0.717, 1.165) is 44.8 Å². The number of aromatic nitrogens is 6. The Morgan fingerprint density at radius 1 is 0.603 bits per heavy atom. The molecular weight excluding hydrogens is 1030 g/mol. The molecule has 6 heterocycles. The van der Waals surface area contributed by atoms with Gasteiger partial charge in [-0.1, -0.05) is 47.5 Å². The lowest BCUT2D eigenvalue weighted by molar-refractivity contribution is 0.0228. The fraction of sp³-hybridized carbons (Fsp3) is 0.379. The second-order valence-electron chi connectivity index (χ2n) is 21.2. The molecular formula is C58H62Cl2N12O6. The lowest BCUT2D eigenvalue weighted by Gasteiger charge is -2.39. The van der Waals surface area contributed by atoms with Crippen LogP contribution in [0.25, 0.3) is 33.0 Å². The van der Waals surface area contributed by atoms with E-state index in [1.54, 1.807) is 88.8 Å². The summed E-state index contributed by atoms with van der Waals surface area (Å²) in [4.78, 5) is 58.1. The van der Waals surface area contributed by atoms with Gasteiger partial charge < -0.3 is 38.6 Å². The molecule has 0 radical (unpaired) electrons. The minimum absolute atomic E-state index is 0.234. The zero-order valence-electron chi connectivity index (χ0n) is 44.9. The van der Waals surface area contributed by atoms with E-state index in [2.05, 4.69) is 29.5 Å². The highest BCUT2D eigenvalue weighted by Crippen LogP contribution is 2.48. The molecule has 18 nitrogen and oxygen atoms in total. The minimum Gasteiger partial charge on any atom is -0.379 e. The van der Waals surface area contributed by atoms with Gasteiger partial charge in [-0.3, -0.25) is 29.5 Å². The van der Waals surface area contributed by atoms with Gasteiger partial charge in [0.2, 0.25) is 0 Å². The molecule has 404 valence electrons. The average Bonchev–Trinajstić information content (AvgIpc) is 4.01. The number of fused-ring (bicyclic) bond motifs is 4. The Morgan fingerprint density at radius 3 is 1.31 bits per heavy atom. The van der Waals surface area contributed by atoms with Crippen LogP contribution in [0.1, 0.15) is 110 Å². The van der Waals surface area contributed by atoms with Crippen LogP contribution in [0.4, 0.5) is 9.59 Å². The van der Waals surface area contributed by atoms with Crippen molar-refractivity contribution >= 4 is 58.7 Å². The third-order valence-corrected chi connectivity index (χ3v) is 15.3. The van der Waals surface area contributed by atoms with Crippen molar-refractivity contribution < 1.29 is 29.3 Å². The normalized spacial score (nSPS) is 19.2. The molecule has 0 unspecified atom stereocenters. The number of rotatable bonds is 8. The molecule has 2 aliphatic heterocycles. The molecule has 4 atom stereocenters. The Hall–Kier alpha value is -7.42. The Kier molecular flexibility index (Phi) is 15.5. The van der Waals surface area contributed by atoms with Crippen molar-refractivity contribution in [3.05, 3.63) is 187 Å². The van der Waals surface area contributed by atoms with Crippen molar-refractivity contribution in [1.82, 2.24) is 48.7 Å². The van der Waals surface area contributed by atoms with Crippen LogP contribution in [-0.2, 0) is 34.8 Å². The number of halogens is 2. The number of ether oxygens (including phenoxy) is 2. The summed E-state index contributed by atoms with van der Waals surface area (Å²) >= 11 is 13.1. The van der Waals surface area contributed by atoms with E-state index in [4.69, 9.17) is 55.8 Å². The van der Waals surface area contributed by atoms with E-state index in [1.807, 2.05) is 96.0 Å². The van der Waals surface area contributed by atoms with Crippen molar-refractivity contribution in [3.8, 4) is 0 Å². The van der Waals surface area contributed by atoms with Gasteiger partial charge in [0.05, 0.1) is 87.6 Å². The number of imidazole rings is 2. The standard InChI is InChI=1S/2C29H31ClN6O3/c2*1-28(2,31-4)39-27(37)36-13-11-35(12-14-36)26-21-9-8-20(30)16-22(21)23(15-19-7-6-10-33-25(19)26)29(3,38)24-17-32-18-34(24)5/h2*6-10,15-18,26,38H,11-14H2,1-3,5H3/t26-,29+;26-,29-/m00/s1. The van der Waals surface area contributed by atoms with Gasteiger partial charge in [-0.15, -0.1) is 0 Å². The van der Waals surface area contributed by atoms with Crippen molar-refractivity contribution in [2.45, 2.75) is 76.3 Å². The molecule has 0 bridgehead atoms. The molecule has 6 aromatic rings. The Bertz CT molecular complexity index is 3180. The van der Waals surface area contributed by atoms with Gasteiger partial charge in [-0.2, -0.15) is 0 Å². The maximum absolute atomic E-state index is 12.7. The summed E-state index contributed by atoms with van der Waals surface area (Å²) in [7, 11) is 3.71. The number of hydrogen-bond acceptors (Lipinski definition) is 12. The third kappa shape index (κ3) is 11.0. The predicted molar refractivity (Wildman–Crippen MR) is 297 cm³/mol. The molecule has 4 aliphatic rings. The van der Waals surface area contributed by atoms with Crippen molar-refractivity contribution in [1.29, 1.82) is 0 Å². The molecule has 2 aromatic carbocycles. The zero-order chi connectivity index (χ0) is 55.9. The minimum atomic E-state index is -1.37. The highest BCUT2D eigenvalue weighted by atomic mass is 35.5. The number of piperazine rings is 2. The fourth-order valence-corrected chi connectivity index (χ4v) is 11.1. The predicted octanol–water partition coefficient (Wildman–Crippen LogP) is 9.46. The van der Waals surface area contributed by atoms with Crippen LogP contribution in [-0.4, -0.2) is 135 Å². The van der Waals surface area contributed by atoms with Crippen molar-refractivity contribution in [2.75, 3.05) is 52.4 Å². The molecule has 2 amide bonds. The molecule has 4 aromatic heterocycles.